The van der Waals surface area contributed by atoms with E-state index in [1.54, 1.807) is 11.8 Å². The van der Waals surface area contributed by atoms with Crippen LogP contribution in [0, 0.1) is 11.8 Å². The first kappa shape index (κ1) is 21.8. The molecule has 2 aromatic rings. The number of carbonyl (C=O) groups is 1. The lowest BCUT2D eigenvalue weighted by molar-refractivity contribution is -0.129. The van der Waals surface area contributed by atoms with Crippen LogP contribution in [0.3, 0.4) is 0 Å². The third-order valence-corrected chi connectivity index (χ3v) is 8.21. The molecule has 7 heteroatoms. The second-order valence-electron chi connectivity index (χ2n) is 9.86. The van der Waals surface area contributed by atoms with Crippen molar-refractivity contribution < 1.29 is 4.79 Å². The number of carbonyl (C=O) groups excluding carboxylic acids is 1. The number of likely N-dealkylation sites (tertiary alicyclic amines) is 1. The molecule has 3 heterocycles. The summed E-state index contributed by atoms with van der Waals surface area (Å²) in [6.07, 6.45) is 8.16. The Bertz CT molecular complexity index is 896. The Kier molecular flexibility index (Phi) is 6.72. The van der Waals surface area contributed by atoms with Gasteiger partial charge in [-0.2, -0.15) is 0 Å². The quantitative estimate of drug-likeness (QED) is 0.581. The van der Waals surface area contributed by atoms with E-state index in [9.17, 15) is 4.79 Å². The van der Waals surface area contributed by atoms with Crippen LogP contribution >= 0.6 is 11.8 Å². The van der Waals surface area contributed by atoms with Gasteiger partial charge in [0.15, 0.2) is 5.16 Å². The van der Waals surface area contributed by atoms with Gasteiger partial charge in [0, 0.05) is 32.2 Å². The lowest BCUT2D eigenvalue weighted by atomic mass is 9.90. The minimum absolute atomic E-state index is 0.242. The fourth-order valence-corrected chi connectivity index (χ4v) is 5.90. The fraction of sp³-hybridized carbons (Fsp3) is 0.640. The minimum Gasteiger partial charge on any atom is -0.342 e. The van der Waals surface area contributed by atoms with Crippen molar-refractivity contribution in [2.45, 2.75) is 63.1 Å². The Morgan fingerprint density at radius 2 is 1.69 bits per heavy atom. The van der Waals surface area contributed by atoms with Crippen molar-refractivity contribution in [2.24, 2.45) is 11.8 Å². The van der Waals surface area contributed by atoms with Crippen LogP contribution in [0.2, 0.25) is 0 Å². The topological polar surface area (TPSA) is 54.3 Å². The predicted octanol–water partition coefficient (Wildman–Crippen LogP) is 4.42. The second kappa shape index (κ2) is 9.86. The van der Waals surface area contributed by atoms with Gasteiger partial charge in [-0.05, 0) is 62.3 Å². The van der Waals surface area contributed by atoms with Crippen molar-refractivity contribution in [3.05, 3.63) is 35.9 Å². The number of hydrogen-bond donors (Lipinski definition) is 0. The van der Waals surface area contributed by atoms with Crippen LogP contribution in [0.5, 0.6) is 0 Å². The Hall–Kier alpha value is -2.02. The standard InChI is InChI=1S/C25H35N5OS/c1-19-9-13-29(14-10-19)24-26-27-25(30(24)22-7-8-22)32-18-23(31)28-15-11-21(12-16-28)17-20-5-3-2-4-6-20/h2-6,19,21-22H,7-18H2,1H3. The van der Waals surface area contributed by atoms with Gasteiger partial charge in [0.05, 0.1) is 5.75 Å². The van der Waals surface area contributed by atoms with E-state index in [4.69, 9.17) is 0 Å². The molecule has 0 radical (unpaired) electrons. The van der Waals surface area contributed by atoms with Crippen molar-refractivity contribution in [3.8, 4) is 0 Å². The first-order valence-electron chi connectivity index (χ1n) is 12.3. The zero-order valence-corrected chi connectivity index (χ0v) is 20.0. The first-order valence-corrected chi connectivity index (χ1v) is 13.3. The molecule has 172 valence electrons. The largest absolute Gasteiger partial charge is 0.342 e. The molecular weight excluding hydrogens is 418 g/mol. The summed E-state index contributed by atoms with van der Waals surface area (Å²) in [5.74, 6) is 3.21. The molecule has 0 N–H and O–H groups in total. The van der Waals surface area contributed by atoms with Crippen LogP contribution in [-0.4, -0.2) is 57.5 Å². The van der Waals surface area contributed by atoms with E-state index in [0.717, 1.165) is 62.5 Å². The highest BCUT2D eigenvalue weighted by atomic mass is 32.2. The number of thioether (sulfide) groups is 1. The Morgan fingerprint density at radius 3 is 2.38 bits per heavy atom. The van der Waals surface area contributed by atoms with Gasteiger partial charge in [-0.15, -0.1) is 10.2 Å². The molecule has 0 bridgehead atoms. The van der Waals surface area contributed by atoms with Crippen LogP contribution in [0.1, 0.15) is 57.1 Å². The summed E-state index contributed by atoms with van der Waals surface area (Å²) in [6.45, 7) is 6.22. The lowest BCUT2D eigenvalue weighted by Gasteiger charge is -2.32. The third kappa shape index (κ3) is 5.13. The average molecular weight is 454 g/mol. The third-order valence-electron chi connectivity index (χ3n) is 7.28. The minimum atomic E-state index is 0.242. The Labute approximate surface area is 195 Å². The SMILES string of the molecule is CC1CCN(c2nnc(SCC(=O)N3CCC(Cc4ccccc4)CC3)n2C2CC2)CC1. The van der Waals surface area contributed by atoms with Gasteiger partial charge >= 0.3 is 0 Å². The highest BCUT2D eigenvalue weighted by Gasteiger charge is 2.33. The summed E-state index contributed by atoms with van der Waals surface area (Å²) in [7, 11) is 0. The molecular formula is C25H35N5OS. The zero-order chi connectivity index (χ0) is 21.9. The zero-order valence-electron chi connectivity index (χ0n) is 19.2. The monoisotopic (exact) mass is 453 g/mol. The highest BCUT2D eigenvalue weighted by Crippen LogP contribution is 2.41. The Balaban J connectivity index is 1.14. The molecule has 3 fully saturated rings. The maximum absolute atomic E-state index is 12.9. The summed E-state index contributed by atoms with van der Waals surface area (Å²) in [4.78, 5) is 17.4. The smallest absolute Gasteiger partial charge is 0.233 e. The molecule has 1 saturated carbocycles. The second-order valence-corrected chi connectivity index (χ2v) is 10.8. The van der Waals surface area contributed by atoms with Crippen molar-refractivity contribution in [2.75, 3.05) is 36.8 Å². The molecule has 3 aliphatic rings. The van der Waals surface area contributed by atoms with E-state index >= 15 is 0 Å². The normalized spacial score (nSPS) is 20.7. The van der Waals surface area contributed by atoms with Crippen LogP contribution in [-0.2, 0) is 11.2 Å². The molecule has 1 aromatic carbocycles. The molecule has 0 spiro atoms. The molecule has 32 heavy (non-hydrogen) atoms. The van der Waals surface area contributed by atoms with Gasteiger partial charge in [-0.25, -0.2) is 0 Å². The number of aromatic nitrogens is 3. The van der Waals surface area contributed by atoms with Gasteiger partial charge in [-0.3, -0.25) is 9.36 Å². The highest BCUT2D eigenvalue weighted by molar-refractivity contribution is 7.99. The van der Waals surface area contributed by atoms with Crippen LogP contribution in [0.15, 0.2) is 35.5 Å². The molecule has 0 unspecified atom stereocenters. The molecule has 2 aliphatic heterocycles. The van der Waals surface area contributed by atoms with Crippen LogP contribution in [0.25, 0.3) is 0 Å². The summed E-state index contributed by atoms with van der Waals surface area (Å²) in [6, 6.07) is 11.2. The summed E-state index contributed by atoms with van der Waals surface area (Å²) >= 11 is 1.58. The molecule has 2 saturated heterocycles. The van der Waals surface area contributed by atoms with Crippen molar-refractivity contribution in [3.63, 3.8) is 0 Å². The van der Waals surface area contributed by atoms with Crippen LogP contribution in [0.4, 0.5) is 5.95 Å². The van der Waals surface area contributed by atoms with E-state index in [0.29, 0.717) is 17.7 Å². The van der Waals surface area contributed by atoms with Crippen LogP contribution < -0.4 is 4.90 Å². The van der Waals surface area contributed by atoms with E-state index in [-0.39, 0.29) is 5.91 Å². The maximum Gasteiger partial charge on any atom is 0.233 e. The Morgan fingerprint density at radius 1 is 0.969 bits per heavy atom. The number of piperidine rings is 2. The molecule has 6 nitrogen and oxygen atoms in total. The van der Waals surface area contributed by atoms with Gasteiger partial charge < -0.3 is 9.80 Å². The lowest BCUT2D eigenvalue weighted by Crippen LogP contribution is -2.39. The fourth-order valence-electron chi connectivity index (χ4n) is 5.00. The molecule has 1 aromatic heterocycles. The summed E-state index contributed by atoms with van der Waals surface area (Å²) in [5.41, 5.74) is 1.41. The maximum atomic E-state index is 12.9. The van der Waals surface area contributed by atoms with Crippen molar-refractivity contribution in [1.82, 2.24) is 19.7 Å². The van der Waals surface area contributed by atoms with Crippen molar-refractivity contribution >= 4 is 23.6 Å². The average Bonchev–Trinajstić information content (AvgIpc) is 3.58. The first-order chi connectivity index (χ1) is 15.7. The van der Waals surface area contributed by atoms with Crippen molar-refractivity contribution in [1.29, 1.82) is 0 Å². The van der Waals surface area contributed by atoms with E-state index in [1.165, 1.54) is 31.2 Å². The molecule has 1 aliphatic carbocycles. The number of benzene rings is 1. The van der Waals surface area contributed by atoms with E-state index in [1.807, 2.05) is 0 Å². The van der Waals surface area contributed by atoms with Gasteiger partial charge in [0.1, 0.15) is 0 Å². The van der Waals surface area contributed by atoms with E-state index in [2.05, 4.69) is 61.8 Å². The van der Waals surface area contributed by atoms with Gasteiger partial charge in [-0.1, -0.05) is 49.0 Å². The number of anilines is 1. The van der Waals surface area contributed by atoms with Gasteiger partial charge in [0.25, 0.3) is 0 Å². The molecule has 1 amide bonds. The van der Waals surface area contributed by atoms with Gasteiger partial charge in [0.2, 0.25) is 11.9 Å². The number of amides is 1. The van der Waals surface area contributed by atoms with E-state index < -0.39 is 0 Å². The number of rotatable bonds is 7. The molecule has 0 atom stereocenters. The summed E-state index contributed by atoms with van der Waals surface area (Å²) in [5, 5.41) is 10.00. The molecule has 5 rings (SSSR count). The number of nitrogens with zero attached hydrogens (tertiary/aromatic N) is 5. The number of hydrogen-bond acceptors (Lipinski definition) is 5. The summed E-state index contributed by atoms with van der Waals surface area (Å²) < 4.78 is 2.32. The predicted molar refractivity (Wildman–Crippen MR) is 129 cm³/mol.